The number of hydrogen-bond donors (Lipinski definition) is 0. The van der Waals surface area contributed by atoms with Gasteiger partial charge in [-0.3, -0.25) is 0 Å². The third-order valence-electron chi connectivity index (χ3n) is 2.44. The Morgan fingerprint density at radius 2 is 1.76 bits per heavy atom. The van der Waals surface area contributed by atoms with Crippen LogP contribution in [0.15, 0.2) is 42.6 Å². The van der Waals surface area contributed by atoms with Crippen molar-refractivity contribution in [3.05, 3.63) is 63.9 Å². The quantitative estimate of drug-likeness (QED) is 0.699. The van der Waals surface area contributed by atoms with Crippen LogP contribution in [0.2, 0.25) is 10.2 Å². The van der Waals surface area contributed by atoms with Crippen LogP contribution in [0.25, 0.3) is 11.6 Å². The lowest BCUT2D eigenvalue weighted by Gasteiger charge is -2.01. The van der Waals surface area contributed by atoms with Crippen LogP contribution in [0.4, 0.5) is 0 Å². The highest BCUT2D eigenvalue weighted by Crippen LogP contribution is 2.19. The van der Waals surface area contributed by atoms with E-state index in [4.69, 9.17) is 23.2 Å². The molecule has 0 radical (unpaired) electrons. The van der Waals surface area contributed by atoms with Gasteiger partial charge in [-0.2, -0.15) is 0 Å². The van der Waals surface area contributed by atoms with Crippen LogP contribution in [-0.4, -0.2) is 4.98 Å². The molecule has 2 rings (SSSR count). The van der Waals surface area contributed by atoms with E-state index in [0.29, 0.717) is 5.15 Å². The Kier molecular flexibility index (Phi) is 3.82. The van der Waals surface area contributed by atoms with Crippen molar-refractivity contribution in [1.29, 1.82) is 0 Å². The van der Waals surface area contributed by atoms with E-state index in [-0.39, 0.29) is 0 Å². The van der Waals surface area contributed by atoms with Gasteiger partial charge in [0.05, 0.1) is 0 Å². The van der Waals surface area contributed by atoms with E-state index in [1.165, 1.54) is 0 Å². The number of aromatic nitrogens is 1. The van der Waals surface area contributed by atoms with E-state index in [2.05, 4.69) is 11.1 Å². The van der Waals surface area contributed by atoms with Crippen molar-refractivity contribution in [2.45, 2.75) is 6.92 Å². The summed E-state index contributed by atoms with van der Waals surface area (Å²) in [7, 11) is 0. The van der Waals surface area contributed by atoms with Crippen LogP contribution in [0.5, 0.6) is 0 Å². The summed E-state index contributed by atoms with van der Waals surface area (Å²) < 4.78 is 0. The molecule has 86 valence electrons. The number of hydrogen-bond acceptors (Lipinski definition) is 1. The lowest BCUT2D eigenvalue weighted by molar-refractivity contribution is 1.31. The number of nitrogens with zero attached hydrogens (tertiary/aromatic N) is 1. The van der Waals surface area contributed by atoms with Crippen LogP contribution in [0, 0.1) is 0 Å². The molecule has 0 spiro atoms. The third-order valence-corrected chi connectivity index (χ3v) is 2.91. The molecule has 0 bridgehead atoms. The predicted molar refractivity (Wildman–Crippen MR) is 74.2 cm³/mol. The highest BCUT2D eigenvalue weighted by atomic mass is 35.5. The zero-order valence-corrected chi connectivity index (χ0v) is 10.8. The molecule has 2 aromatic rings. The minimum Gasteiger partial charge on any atom is -0.244 e. The van der Waals surface area contributed by atoms with Crippen molar-refractivity contribution in [3.8, 4) is 0 Å². The number of halogens is 2. The van der Waals surface area contributed by atoms with Gasteiger partial charge in [-0.15, -0.1) is 0 Å². The molecule has 0 aliphatic rings. The van der Waals surface area contributed by atoms with Gasteiger partial charge in [-0.05, 0) is 41.8 Å². The van der Waals surface area contributed by atoms with Crippen molar-refractivity contribution < 1.29 is 0 Å². The number of pyridine rings is 1. The van der Waals surface area contributed by atoms with E-state index in [1.54, 1.807) is 12.3 Å². The Labute approximate surface area is 111 Å². The maximum Gasteiger partial charge on any atom is 0.129 e. The highest BCUT2D eigenvalue weighted by molar-refractivity contribution is 6.30. The fourth-order valence-corrected chi connectivity index (χ4v) is 1.74. The highest BCUT2D eigenvalue weighted by Gasteiger charge is 1.97. The van der Waals surface area contributed by atoms with Gasteiger partial charge >= 0.3 is 0 Å². The molecule has 0 saturated carbocycles. The molecule has 1 nitrogen and oxygen atoms in total. The lowest BCUT2D eigenvalue weighted by atomic mass is 10.1. The number of allylic oxidation sites excluding steroid dienone is 1. The van der Waals surface area contributed by atoms with Crippen molar-refractivity contribution >= 4 is 34.9 Å². The van der Waals surface area contributed by atoms with Crippen molar-refractivity contribution in [2.75, 3.05) is 0 Å². The summed E-state index contributed by atoms with van der Waals surface area (Å²) in [6.07, 6.45) is 3.85. The average molecular weight is 264 g/mol. The van der Waals surface area contributed by atoms with E-state index >= 15 is 0 Å². The van der Waals surface area contributed by atoms with E-state index < -0.39 is 0 Å². The van der Waals surface area contributed by atoms with Crippen molar-refractivity contribution in [2.24, 2.45) is 0 Å². The second-order valence-corrected chi connectivity index (χ2v) is 4.57. The van der Waals surface area contributed by atoms with E-state index in [1.807, 2.05) is 37.3 Å². The molecule has 0 atom stereocenters. The molecule has 0 aliphatic heterocycles. The normalized spacial score (nSPS) is 11.6. The zero-order valence-electron chi connectivity index (χ0n) is 9.32. The molecule has 0 N–H and O–H groups in total. The first-order valence-corrected chi connectivity index (χ1v) is 5.96. The lowest BCUT2D eigenvalue weighted by Crippen LogP contribution is -1.82. The summed E-state index contributed by atoms with van der Waals surface area (Å²) in [5.41, 5.74) is 3.31. The molecule has 0 saturated heterocycles. The van der Waals surface area contributed by atoms with Crippen LogP contribution in [-0.2, 0) is 0 Å². The first-order valence-electron chi connectivity index (χ1n) is 5.21. The Morgan fingerprint density at radius 1 is 1.06 bits per heavy atom. The molecule has 0 aliphatic carbocycles. The first kappa shape index (κ1) is 12.2. The summed E-state index contributed by atoms with van der Waals surface area (Å²) >= 11 is 11.6. The molecule has 1 heterocycles. The predicted octanol–water partition coefficient (Wildman–Crippen LogP) is 4.95. The maximum atomic E-state index is 5.84. The molecule has 3 heteroatoms. The summed E-state index contributed by atoms with van der Waals surface area (Å²) in [6.45, 7) is 2.04. The molecule has 1 aromatic carbocycles. The van der Waals surface area contributed by atoms with Crippen LogP contribution in [0.3, 0.4) is 0 Å². The second-order valence-electron chi connectivity index (χ2n) is 3.75. The fraction of sp³-hybridized carbons (Fsp3) is 0.0714. The molecular formula is C14H11Cl2N. The number of rotatable bonds is 2. The summed E-state index contributed by atoms with van der Waals surface area (Å²) in [6, 6.07) is 11.5. The van der Waals surface area contributed by atoms with Gasteiger partial charge in [0.25, 0.3) is 0 Å². The van der Waals surface area contributed by atoms with Gasteiger partial charge in [0, 0.05) is 11.2 Å². The average Bonchev–Trinajstić information content (AvgIpc) is 2.33. The van der Waals surface area contributed by atoms with Crippen LogP contribution < -0.4 is 0 Å². The van der Waals surface area contributed by atoms with Crippen LogP contribution in [0.1, 0.15) is 18.1 Å². The van der Waals surface area contributed by atoms with Gasteiger partial charge in [-0.25, -0.2) is 4.98 Å². The van der Waals surface area contributed by atoms with Gasteiger partial charge in [0.2, 0.25) is 0 Å². The molecular weight excluding hydrogens is 253 g/mol. The Morgan fingerprint density at radius 3 is 2.35 bits per heavy atom. The molecule has 0 amide bonds. The Hall–Kier alpha value is -1.31. The van der Waals surface area contributed by atoms with Gasteiger partial charge in [0.1, 0.15) is 5.15 Å². The summed E-state index contributed by atoms with van der Waals surface area (Å²) in [5, 5.41) is 1.25. The second kappa shape index (κ2) is 5.35. The Bertz CT molecular complexity index is 527. The monoisotopic (exact) mass is 263 g/mol. The molecule has 0 fully saturated rings. The summed E-state index contributed by atoms with van der Waals surface area (Å²) in [5.74, 6) is 0. The first-order chi connectivity index (χ1) is 8.15. The van der Waals surface area contributed by atoms with Gasteiger partial charge < -0.3 is 0 Å². The van der Waals surface area contributed by atoms with Crippen LogP contribution >= 0.6 is 23.2 Å². The molecule has 0 unspecified atom stereocenters. The Balaban J connectivity index is 2.27. The SMILES string of the molecule is CC(=Cc1ccc(Cl)cc1)c1ccc(Cl)nc1. The van der Waals surface area contributed by atoms with E-state index in [9.17, 15) is 0 Å². The van der Waals surface area contributed by atoms with Gasteiger partial charge in [0.15, 0.2) is 0 Å². The van der Waals surface area contributed by atoms with Crippen molar-refractivity contribution in [1.82, 2.24) is 4.98 Å². The largest absolute Gasteiger partial charge is 0.244 e. The zero-order chi connectivity index (χ0) is 12.3. The molecule has 1 aromatic heterocycles. The third kappa shape index (κ3) is 3.32. The smallest absolute Gasteiger partial charge is 0.129 e. The summed E-state index contributed by atoms with van der Waals surface area (Å²) in [4.78, 5) is 4.06. The molecule has 17 heavy (non-hydrogen) atoms. The minimum absolute atomic E-state index is 0.507. The standard InChI is InChI=1S/C14H11Cl2N/c1-10(12-4-7-14(16)17-9-12)8-11-2-5-13(15)6-3-11/h2-9H,1H3. The van der Waals surface area contributed by atoms with Crippen molar-refractivity contribution in [3.63, 3.8) is 0 Å². The number of benzene rings is 1. The minimum atomic E-state index is 0.507. The van der Waals surface area contributed by atoms with E-state index in [0.717, 1.165) is 21.7 Å². The van der Waals surface area contributed by atoms with Gasteiger partial charge in [-0.1, -0.05) is 47.5 Å². The maximum absolute atomic E-state index is 5.84. The fourth-order valence-electron chi connectivity index (χ4n) is 1.50. The topological polar surface area (TPSA) is 12.9 Å².